The zero-order valence-corrected chi connectivity index (χ0v) is 46.8. The SMILES string of the molecule is CN[C@@H](C)C(=O)N[C@H](C(=O)N1CCN(C(=O)CCC=CCCC(=O)N2CCN(C(=O)[C@@H](NC(=O)[C@H](C)NC)C(C)(C)C)[C@H](C(=O)N[C@@H]3CCCc4ccccc43)C2)C[C@H]1C(=O)N[C@@H]1CCCc2ccccc21)C(C)(C)C. The predicted octanol–water partition coefficient (Wildman–Crippen LogP) is 3.85. The first-order chi connectivity index (χ1) is 36.0. The highest BCUT2D eigenvalue weighted by atomic mass is 16.2. The van der Waals surface area contributed by atoms with Crippen molar-refractivity contribution < 1.29 is 38.4 Å². The lowest BCUT2D eigenvalue weighted by Gasteiger charge is -2.44. The molecule has 4 aliphatic rings. The fourth-order valence-corrected chi connectivity index (χ4v) is 10.7. The molecule has 18 heteroatoms. The van der Waals surface area contributed by atoms with Crippen LogP contribution < -0.4 is 31.9 Å². The third-order valence-corrected chi connectivity index (χ3v) is 15.7. The van der Waals surface area contributed by atoms with Crippen LogP contribution in [0.4, 0.5) is 0 Å². The number of nitrogens with one attached hydrogen (secondary N) is 6. The molecule has 2 saturated heterocycles. The average Bonchev–Trinajstić information content (AvgIpc) is 3.40. The largest absolute Gasteiger partial charge is 0.347 e. The second kappa shape index (κ2) is 26.3. The molecule has 8 amide bonds. The lowest BCUT2D eigenvalue weighted by atomic mass is 9.85. The molecule has 18 nitrogen and oxygen atoms in total. The molecule has 2 aliphatic heterocycles. The number of hydrogen-bond donors (Lipinski definition) is 6. The third-order valence-electron chi connectivity index (χ3n) is 15.7. The van der Waals surface area contributed by atoms with Crippen molar-refractivity contribution in [2.75, 3.05) is 53.4 Å². The van der Waals surface area contributed by atoms with Gasteiger partial charge in [0.05, 0.1) is 37.3 Å². The normalized spacial score (nSPS) is 21.6. The van der Waals surface area contributed by atoms with Crippen molar-refractivity contribution in [3.8, 4) is 0 Å². The molecule has 0 bridgehead atoms. The number of allylic oxidation sites excluding steroid dienone is 2. The van der Waals surface area contributed by atoms with E-state index in [1.165, 1.54) is 20.9 Å². The highest BCUT2D eigenvalue weighted by Crippen LogP contribution is 2.32. The van der Waals surface area contributed by atoms with E-state index in [0.29, 0.717) is 12.8 Å². The smallest absolute Gasteiger partial charge is 0.246 e. The van der Waals surface area contributed by atoms with E-state index in [1.54, 1.807) is 37.7 Å². The number of nitrogens with zero attached hydrogens (tertiary/aromatic N) is 4. The Kier molecular flexibility index (Phi) is 20.4. The van der Waals surface area contributed by atoms with Gasteiger partial charge in [0, 0.05) is 39.0 Å². The molecule has 2 aliphatic carbocycles. The van der Waals surface area contributed by atoms with Gasteiger partial charge in [0.15, 0.2) is 0 Å². The maximum Gasteiger partial charge on any atom is 0.246 e. The minimum absolute atomic E-state index is 0.00637. The first kappa shape index (κ1) is 59.1. The number of aryl methyl sites for hydroxylation is 2. The van der Waals surface area contributed by atoms with Crippen LogP contribution in [0, 0.1) is 10.8 Å². The molecule has 0 unspecified atom stereocenters. The van der Waals surface area contributed by atoms with Crippen molar-refractivity contribution in [3.63, 3.8) is 0 Å². The van der Waals surface area contributed by atoms with Gasteiger partial charge in [-0.3, -0.25) is 38.4 Å². The van der Waals surface area contributed by atoms with Crippen LogP contribution in [0.25, 0.3) is 0 Å². The van der Waals surface area contributed by atoms with Crippen molar-refractivity contribution in [2.24, 2.45) is 10.8 Å². The number of amides is 8. The molecule has 0 radical (unpaired) electrons. The van der Waals surface area contributed by atoms with E-state index in [-0.39, 0.29) is 111 Å². The van der Waals surface area contributed by atoms with Crippen molar-refractivity contribution in [1.29, 1.82) is 0 Å². The zero-order chi connectivity index (χ0) is 55.5. The highest BCUT2D eigenvalue weighted by Gasteiger charge is 2.46. The Morgan fingerprint density at radius 2 is 0.934 bits per heavy atom. The van der Waals surface area contributed by atoms with Gasteiger partial charge in [0.2, 0.25) is 47.3 Å². The Morgan fingerprint density at radius 1 is 0.566 bits per heavy atom. The molecule has 2 heterocycles. The Labute approximate surface area is 450 Å². The number of carbonyl (C=O) groups is 8. The predicted molar refractivity (Wildman–Crippen MR) is 292 cm³/mol. The number of fused-ring (bicyclic) bond motifs is 2. The molecule has 0 spiro atoms. The summed E-state index contributed by atoms with van der Waals surface area (Å²) in [6.45, 7) is 15.3. The molecule has 2 aromatic carbocycles. The standard InChI is InChI=1S/C58H86N10O8/c1-37(59-9)51(71)63-49(57(3,4)5)55(75)67-33-31-65(35-45(67)53(73)61-43-27-19-23-39-21-15-17-25-41(39)43)47(69)29-13-11-12-14-30-48(70)66-32-34-68(56(76)50(58(6,7)8)64-52(72)38(2)60-10)46(36-66)54(74)62-44-28-20-24-40-22-16-18-26-42(40)44/h11-12,15-18,21-22,25-26,37-38,43-46,49-50,59-60H,13-14,19-20,23-24,27-36H2,1-10H3,(H,61,73)(H,62,74)(H,63,71)(H,64,72)/t37-,38-,43+,44+,45-,46-,49+,50+/m0/s1. The van der Waals surface area contributed by atoms with Crippen LogP contribution >= 0.6 is 0 Å². The van der Waals surface area contributed by atoms with Crippen molar-refractivity contribution >= 4 is 47.3 Å². The van der Waals surface area contributed by atoms with Crippen LogP contribution in [0.5, 0.6) is 0 Å². The zero-order valence-electron chi connectivity index (χ0n) is 46.8. The maximum atomic E-state index is 14.5. The molecule has 2 aromatic rings. The van der Waals surface area contributed by atoms with Gasteiger partial charge in [-0.05, 0) is 112 Å². The molecule has 416 valence electrons. The van der Waals surface area contributed by atoms with Gasteiger partial charge in [-0.1, -0.05) is 102 Å². The second-order valence-electron chi connectivity index (χ2n) is 23.3. The molecule has 76 heavy (non-hydrogen) atoms. The second-order valence-corrected chi connectivity index (χ2v) is 23.3. The van der Waals surface area contributed by atoms with Gasteiger partial charge in [-0.25, -0.2) is 0 Å². The van der Waals surface area contributed by atoms with Crippen LogP contribution in [-0.2, 0) is 51.2 Å². The van der Waals surface area contributed by atoms with E-state index >= 15 is 0 Å². The molecule has 0 saturated carbocycles. The number of hydrogen-bond acceptors (Lipinski definition) is 10. The van der Waals surface area contributed by atoms with Crippen molar-refractivity contribution in [2.45, 2.75) is 168 Å². The first-order valence-electron chi connectivity index (χ1n) is 27.6. The van der Waals surface area contributed by atoms with Crippen LogP contribution in [0.3, 0.4) is 0 Å². The summed E-state index contributed by atoms with van der Waals surface area (Å²) in [5.41, 5.74) is 3.07. The quantitative estimate of drug-likeness (QED) is 0.119. The summed E-state index contributed by atoms with van der Waals surface area (Å²) in [7, 11) is 3.34. The number of benzene rings is 2. The van der Waals surface area contributed by atoms with E-state index in [2.05, 4.69) is 44.0 Å². The van der Waals surface area contributed by atoms with Crippen molar-refractivity contribution in [3.05, 3.63) is 82.9 Å². The molecule has 0 aromatic heterocycles. The van der Waals surface area contributed by atoms with Gasteiger partial charge >= 0.3 is 0 Å². The summed E-state index contributed by atoms with van der Waals surface area (Å²) in [6, 6.07) is 10.6. The van der Waals surface area contributed by atoms with Gasteiger partial charge in [0.25, 0.3) is 0 Å². The van der Waals surface area contributed by atoms with E-state index in [1.807, 2.05) is 90.1 Å². The van der Waals surface area contributed by atoms with Crippen LogP contribution in [-0.4, -0.2) is 156 Å². The van der Waals surface area contributed by atoms with E-state index in [4.69, 9.17) is 0 Å². The summed E-state index contributed by atoms with van der Waals surface area (Å²) in [6.07, 6.45) is 9.91. The fourth-order valence-electron chi connectivity index (χ4n) is 10.7. The summed E-state index contributed by atoms with van der Waals surface area (Å²) in [4.78, 5) is 118. The van der Waals surface area contributed by atoms with Crippen LogP contribution in [0.15, 0.2) is 60.7 Å². The molecule has 6 rings (SSSR count). The molecule has 2 fully saturated rings. The van der Waals surface area contributed by atoms with E-state index in [0.717, 1.165) is 49.7 Å². The minimum Gasteiger partial charge on any atom is -0.347 e. The maximum absolute atomic E-state index is 14.5. The van der Waals surface area contributed by atoms with Gasteiger partial charge in [0.1, 0.15) is 24.2 Å². The van der Waals surface area contributed by atoms with E-state index < -0.39 is 47.1 Å². The van der Waals surface area contributed by atoms with Crippen molar-refractivity contribution in [1.82, 2.24) is 51.5 Å². The first-order valence-corrected chi connectivity index (χ1v) is 27.6. The summed E-state index contributed by atoms with van der Waals surface area (Å²) in [5.74, 6) is -2.49. The average molecular weight is 1050 g/mol. The Hall–Kier alpha value is -6.14. The number of piperazine rings is 2. The summed E-state index contributed by atoms with van der Waals surface area (Å²) < 4.78 is 0. The monoisotopic (exact) mass is 1050 g/mol. The fraction of sp³-hybridized carbons (Fsp3) is 0.621. The Bertz CT molecular complexity index is 2280. The van der Waals surface area contributed by atoms with Crippen LogP contribution in [0.1, 0.15) is 141 Å². The molecule has 6 N–H and O–H groups in total. The Balaban J connectivity index is 1.09. The lowest BCUT2D eigenvalue weighted by molar-refractivity contribution is -0.152. The van der Waals surface area contributed by atoms with Crippen LogP contribution in [0.2, 0.25) is 0 Å². The summed E-state index contributed by atoms with van der Waals surface area (Å²) in [5, 5.41) is 18.2. The lowest BCUT2D eigenvalue weighted by Crippen LogP contribution is -2.66. The van der Waals surface area contributed by atoms with E-state index in [9.17, 15) is 38.4 Å². The van der Waals surface area contributed by atoms with Gasteiger partial charge < -0.3 is 51.5 Å². The van der Waals surface area contributed by atoms with Gasteiger partial charge in [-0.2, -0.15) is 0 Å². The van der Waals surface area contributed by atoms with Gasteiger partial charge in [-0.15, -0.1) is 0 Å². The highest BCUT2D eigenvalue weighted by molar-refractivity contribution is 5.96. The topological polar surface area (TPSA) is 222 Å². The number of likely N-dealkylation sites (N-methyl/N-ethyl adjacent to an activating group) is 2. The Morgan fingerprint density at radius 3 is 1.29 bits per heavy atom. The third kappa shape index (κ3) is 14.9. The molecule has 8 atom stereocenters. The molecular weight excluding hydrogens is 965 g/mol. The molecular formula is C58H86N10O8. The summed E-state index contributed by atoms with van der Waals surface area (Å²) >= 11 is 0. The number of rotatable bonds is 18. The minimum atomic E-state index is -0.994. The number of carbonyl (C=O) groups excluding carboxylic acids is 8.